The number of nitrogens with one attached hydrogen (secondary N) is 1. The number of hydrogen-bond donors (Lipinski definition) is 2. The fourth-order valence-electron chi connectivity index (χ4n) is 3.62. The van der Waals surface area contributed by atoms with Gasteiger partial charge in [0.05, 0.1) is 6.04 Å². The van der Waals surface area contributed by atoms with Gasteiger partial charge < -0.3 is 16.0 Å². The number of amides is 2. The van der Waals surface area contributed by atoms with Crippen molar-refractivity contribution in [2.45, 2.75) is 45.2 Å². The maximum atomic E-state index is 12.8. The van der Waals surface area contributed by atoms with Gasteiger partial charge in [-0.25, -0.2) is 0 Å². The summed E-state index contributed by atoms with van der Waals surface area (Å²) in [6.45, 7) is 4.53. The molecule has 3 rings (SSSR count). The topological polar surface area (TPSA) is 75.4 Å². The quantitative estimate of drug-likeness (QED) is 0.662. The van der Waals surface area contributed by atoms with Crippen LogP contribution in [0.25, 0.3) is 0 Å². The Hall–Kier alpha value is -2.92. The number of benzene rings is 2. The molecular weight excluding hydrogens is 374 g/mol. The van der Waals surface area contributed by atoms with Gasteiger partial charge in [0.15, 0.2) is 0 Å². The minimum atomic E-state index is -0.571. The minimum absolute atomic E-state index is 0.0477. The molecule has 5 nitrogen and oxygen atoms in total. The van der Waals surface area contributed by atoms with Crippen LogP contribution in [0.4, 0.5) is 5.69 Å². The van der Waals surface area contributed by atoms with Crippen molar-refractivity contribution in [1.82, 2.24) is 5.32 Å². The summed E-state index contributed by atoms with van der Waals surface area (Å²) >= 11 is 0. The number of nitrogens with two attached hydrogens (primary N) is 1. The van der Waals surface area contributed by atoms with Crippen molar-refractivity contribution in [3.63, 3.8) is 0 Å². The van der Waals surface area contributed by atoms with Gasteiger partial charge >= 0.3 is 0 Å². The Kier molecular flexibility index (Phi) is 7.41. The van der Waals surface area contributed by atoms with Gasteiger partial charge in [0, 0.05) is 24.4 Å². The first-order chi connectivity index (χ1) is 14.5. The molecule has 0 spiro atoms. The summed E-state index contributed by atoms with van der Waals surface area (Å²) < 4.78 is 0. The third-order valence-electron chi connectivity index (χ3n) is 5.56. The molecule has 158 valence electrons. The lowest BCUT2D eigenvalue weighted by atomic mass is 10.0. The average Bonchev–Trinajstić information content (AvgIpc) is 3.19. The Morgan fingerprint density at radius 1 is 1.10 bits per heavy atom. The van der Waals surface area contributed by atoms with E-state index in [1.165, 1.54) is 11.1 Å². The number of para-hydroxylation sites is 1. The molecule has 0 saturated carbocycles. The fraction of sp³-hybridized carbons (Fsp3) is 0.360. The Bertz CT molecular complexity index is 892. The smallest absolute Gasteiger partial charge is 0.250 e. The normalized spacial score (nSPS) is 15.3. The van der Waals surface area contributed by atoms with Crippen LogP contribution in [0.1, 0.15) is 31.4 Å². The molecule has 0 fully saturated rings. The minimum Gasteiger partial charge on any atom is -0.349 e. The molecule has 2 aromatic carbocycles. The summed E-state index contributed by atoms with van der Waals surface area (Å²) in [4.78, 5) is 27.1. The van der Waals surface area contributed by atoms with Crippen molar-refractivity contribution < 1.29 is 9.59 Å². The number of nitrogens with zero attached hydrogens (tertiary/aromatic N) is 1. The molecular formula is C25H31N3O2. The Morgan fingerprint density at radius 2 is 1.80 bits per heavy atom. The highest BCUT2D eigenvalue weighted by Gasteiger charge is 2.23. The molecule has 2 aromatic rings. The largest absolute Gasteiger partial charge is 0.349 e. The van der Waals surface area contributed by atoms with E-state index >= 15 is 0 Å². The van der Waals surface area contributed by atoms with Gasteiger partial charge in [0.2, 0.25) is 5.91 Å². The van der Waals surface area contributed by atoms with Gasteiger partial charge in [-0.1, -0.05) is 68.5 Å². The van der Waals surface area contributed by atoms with Crippen molar-refractivity contribution in [2.75, 3.05) is 11.4 Å². The van der Waals surface area contributed by atoms with E-state index in [1.807, 2.05) is 50.2 Å². The van der Waals surface area contributed by atoms with E-state index in [2.05, 4.69) is 23.5 Å². The molecule has 2 atom stereocenters. The summed E-state index contributed by atoms with van der Waals surface area (Å²) in [5, 5.41) is 3.01. The Morgan fingerprint density at radius 3 is 2.53 bits per heavy atom. The van der Waals surface area contributed by atoms with E-state index in [4.69, 9.17) is 5.73 Å². The molecule has 1 heterocycles. The molecule has 0 aliphatic carbocycles. The van der Waals surface area contributed by atoms with Crippen molar-refractivity contribution in [1.29, 1.82) is 0 Å². The van der Waals surface area contributed by atoms with Crippen LogP contribution in [-0.4, -0.2) is 30.4 Å². The molecule has 0 bridgehead atoms. The maximum Gasteiger partial charge on any atom is 0.250 e. The van der Waals surface area contributed by atoms with Crippen molar-refractivity contribution in [3.05, 3.63) is 77.9 Å². The zero-order chi connectivity index (χ0) is 21.5. The van der Waals surface area contributed by atoms with Gasteiger partial charge in [-0.3, -0.25) is 9.59 Å². The van der Waals surface area contributed by atoms with Crippen LogP contribution in [0.3, 0.4) is 0 Å². The van der Waals surface area contributed by atoms with E-state index in [0.717, 1.165) is 18.5 Å². The standard InChI is InChI=1S/C25H31N3O2/c1-18(2)24(26)25(30)27-21(13-12-19-8-4-3-5-9-19)14-15-23(29)28-17-16-20-10-6-7-11-22(20)28/h3-11,14-15,18,21,24H,12-13,16-17,26H2,1-2H3,(H,27,30)/t21-,24-/m0/s1. The van der Waals surface area contributed by atoms with E-state index in [0.29, 0.717) is 13.0 Å². The molecule has 30 heavy (non-hydrogen) atoms. The van der Waals surface area contributed by atoms with E-state index in [1.54, 1.807) is 17.1 Å². The molecule has 1 aliphatic rings. The van der Waals surface area contributed by atoms with Gasteiger partial charge in [-0.2, -0.15) is 0 Å². The van der Waals surface area contributed by atoms with Gasteiger partial charge in [-0.05, 0) is 42.4 Å². The summed E-state index contributed by atoms with van der Waals surface area (Å²) in [6, 6.07) is 17.3. The van der Waals surface area contributed by atoms with Crippen molar-refractivity contribution in [3.8, 4) is 0 Å². The number of fused-ring (bicyclic) bond motifs is 1. The highest BCUT2D eigenvalue weighted by Crippen LogP contribution is 2.27. The van der Waals surface area contributed by atoms with E-state index in [-0.39, 0.29) is 23.8 Å². The van der Waals surface area contributed by atoms with Gasteiger partial charge in [-0.15, -0.1) is 0 Å². The lowest BCUT2D eigenvalue weighted by molar-refractivity contribution is -0.123. The van der Waals surface area contributed by atoms with Crippen LogP contribution in [0.5, 0.6) is 0 Å². The highest BCUT2D eigenvalue weighted by molar-refractivity contribution is 6.03. The van der Waals surface area contributed by atoms with E-state index < -0.39 is 6.04 Å². The number of rotatable bonds is 8. The van der Waals surface area contributed by atoms with Gasteiger partial charge in [0.1, 0.15) is 0 Å². The second-order valence-corrected chi connectivity index (χ2v) is 8.14. The van der Waals surface area contributed by atoms with Crippen molar-refractivity contribution in [2.24, 2.45) is 11.7 Å². The van der Waals surface area contributed by atoms with Gasteiger partial charge in [0.25, 0.3) is 5.91 Å². The Labute approximate surface area is 179 Å². The summed E-state index contributed by atoms with van der Waals surface area (Å²) in [7, 11) is 0. The van der Waals surface area contributed by atoms with Crippen molar-refractivity contribution >= 4 is 17.5 Å². The van der Waals surface area contributed by atoms with Crippen LogP contribution in [0.15, 0.2) is 66.7 Å². The fourth-order valence-corrected chi connectivity index (χ4v) is 3.62. The van der Waals surface area contributed by atoms with Crippen LogP contribution in [0, 0.1) is 5.92 Å². The van der Waals surface area contributed by atoms with Crippen LogP contribution in [0.2, 0.25) is 0 Å². The summed E-state index contributed by atoms with van der Waals surface area (Å²) in [6.07, 6.45) is 5.75. The van der Waals surface area contributed by atoms with Crippen LogP contribution < -0.4 is 16.0 Å². The third kappa shape index (κ3) is 5.57. The second kappa shape index (κ2) is 10.2. The van der Waals surface area contributed by atoms with Crippen LogP contribution in [-0.2, 0) is 22.4 Å². The molecule has 5 heteroatoms. The first-order valence-corrected chi connectivity index (χ1v) is 10.6. The number of carbonyl (C=O) groups excluding carboxylic acids is 2. The Balaban J connectivity index is 1.69. The monoisotopic (exact) mass is 405 g/mol. The number of carbonyl (C=O) groups is 2. The summed E-state index contributed by atoms with van der Waals surface area (Å²) in [5.74, 6) is -0.203. The zero-order valence-corrected chi connectivity index (χ0v) is 17.8. The predicted octanol–water partition coefficient (Wildman–Crippen LogP) is 3.23. The lowest BCUT2D eigenvalue weighted by Gasteiger charge is -2.21. The summed E-state index contributed by atoms with van der Waals surface area (Å²) in [5.41, 5.74) is 9.37. The molecule has 2 amide bonds. The average molecular weight is 406 g/mol. The highest BCUT2D eigenvalue weighted by atomic mass is 16.2. The number of aryl methyl sites for hydroxylation is 1. The molecule has 0 saturated heterocycles. The SMILES string of the molecule is CC(C)[C@H](N)C(=O)N[C@H](C=CC(=O)N1CCc2ccccc21)CCc1ccccc1. The molecule has 0 unspecified atom stereocenters. The first-order valence-electron chi connectivity index (χ1n) is 10.6. The van der Waals surface area contributed by atoms with Crippen LogP contribution >= 0.6 is 0 Å². The zero-order valence-electron chi connectivity index (χ0n) is 17.8. The first kappa shape index (κ1) is 21.8. The lowest BCUT2D eigenvalue weighted by Crippen LogP contribution is -2.47. The molecule has 1 aliphatic heterocycles. The van der Waals surface area contributed by atoms with E-state index in [9.17, 15) is 9.59 Å². The predicted molar refractivity (Wildman–Crippen MR) is 121 cm³/mol. The second-order valence-electron chi connectivity index (χ2n) is 8.14. The molecule has 0 radical (unpaired) electrons. The number of anilines is 1. The molecule has 0 aromatic heterocycles. The number of hydrogen-bond acceptors (Lipinski definition) is 3. The molecule has 3 N–H and O–H groups in total. The third-order valence-corrected chi connectivity index (χ3v) is 5.56. The maximum absolute atomic E-state index is 12.8.